The van der Waals surface area contributed by atoms with Gasteiger partial charge in [-0.2, -0.15) is 0 Å². The van der Waals surface area contributed by atoms with Crippen LogP contribution < -0.4 is 20.1 Å². The van der Waals surface area contributed by atoms with Crippen molar-refractivity contribution < 1.29 is 38.6 Å². The molecule has 0 aromatic heterocycles. The highest BCUT2D eigenvalue weighted by atomic mass is 16.5. The standard InChI is InChI=1S/C54H52N2O8/c57-46-33-44(30-38-18-25-47(26-19-38)63-35-41-12-6-2-7-13-41)52(59)56-50(32-40-16-23-43(24-17-40)42-14-8-3-9-15-42)53(60)55-49(29-22-37-10-4-1-5-11-37)51(58)34-45(54(61)62)31-39-20-27-48(28-21-39)64-36-46/h1-21,23-28,44-45,49-50H,22,29-36H2,(H,55,60)(H,56,59)(H,61,62)/t44-,45-,49+,50-/m1/s1. The zero-order chi connectivity index (χ0) is 44.7. The van der Waals surface area contributed by atoms with E-state index in [2.05, 4.69) is 10.6 Å². The quantitative estimate of drug-likeness (QED) is 0.112. The largest absolute Gasteiger partial charge is 0.489 e. The molecule has 64 heavy (non-hydrogen) atoms. The predicted molar refractivity (Wildman–Crippen MR) is 245 cm³/mol. The van der Waals surface area contributed by atoms with Crippen molar-refractivity contribution in [1.29, 1.82) is 0 Å². The van der Waals surface area contributed by atoms with E-state index in [1.807, 2.05) is 140 Å². The summed E-state index contributed by atoms with van der Waals surface area (Å²) in [5, 5.41) is 16.2. The number of rotatable bonds is 12. The minimum atomic E-state index is -1.16. The topological polar surface area (TPSA) is 148 Å². The molecule has 6 aromatic carbocycles. The molecule has 0 saturated heterocycles. The van der Waals surface area contributed by atoms with Crippen LogP contribution in [0, 0.1) is 11.8 Å². The highest BCUT2D eigenvalue weighted by Crippen LogP contribution is 2.24. The third-order valence-corrected chi connectivity index (χ3v) is 11.5. The van der Waals surface area contributed by atoms with Crippen LogP contribution in [-0.4, -0.2) is 53.1 Å². The van der Waals surface area contributed by atoms with Gasteiger partial charge in [-0.05, 0) is 88.9 Å². The molecule has 0 unspecified atom stereocenters. The van der Waals surface area contributed by atoms with E-state index in [4.69, 9.17) is 9.47 Å². The van der Waals surface area contributed by atoms with Gasteiger partial charge in [0.1, 0.15) is 30.8 Å². The lowest BCUT2D eigenvalue weighted by Crippen LogP contribution is -2.54. The molecule has 2 bridgehead atoms. The lowest BCUT2D eigenvalue weighted by Gasteiger charge is -2.26. The highest BCUT2D eigenvalue weighted by molar-refractivity contribution is 5.95. The minimum absolute atomic E-state index is 0.0686. The molecule has 8 rings (SSSR count). The molecular formula is C54H52N2O8. The number of carbonyl (C=O) groups is 5. The lowest BCUT2D eigenvalue weighted by molar-refractivity contribution is -0.144. The molecule has 10 heteroatoms. The molecule has 0 radical (unpaired) electrons. The lowest BCUT2D eigenvalue weighted by atomic mass is 9.90. The maximum Gasteiger partial charge on any atom is 0.307 e. The molecule has 2 heterocycles. The van der Waals surface area contributed by atoms with Gasteiger partial charge < -0.3 is 25.2 Å². The summed E-state index contributed by atoms with van der Waals surface area (Å²) in [7, 11) is 0. The normalized spacial score (nSPS) is 18.7. The van der Waals surface area contributed by atoms with Crippen molar-refractivity contribution in [2.75, 3.05) is 6.61 Å². The number of hydrogen-bond acceptors (Lipinski definition) is 7. The second kappa shape index (κ2) is 22.2. The molecule has 2 aliphatic rings. The fourth-order valence-electron chi connectivity index (χ4n) is 7.88. The van der Waals surface area contributed by atoms with Crippen LogP contribution in [-0.2, 0) is 56.3 Å². The minimum Gasteiger partial charge on any atom is -0.489 e. The Morgan fingerprint density at radius 1 is 0.578 bits per heavy atom. The van der Waals surface area contributed by atoms with Gasteiger partial charge in [0.15, 0.2) is 11.6 Å². The van der Waals surface area contributed by atoms with E-state index in [1.165, 1.54) is 0 Å². The average molecular weight is 857 g/mol. The number of carboxylic acid groups (broad SMARTS) is 1. The summed E-state index contributed by atoms with van der Waals surface area (Å²) in [6.07, 6.45) is 0.484. The fourth-order valence-corrected chi connectivity index (χ4v) is 7.88. The predicted octanol–water partition coefficient (Wildman–Crippen LogP) is 8.19. The van der Waals surface area contributed by atoms with E-state index in [0.717, 1.165) is 33.4 Å². The number of ether oxygens (including phenoxy) is 2. The molecule has 10 nitrogen and oxygen atoms in total. The van der Waals surface area contributed by atoms with E-state index in [9.17, 15) is 29.1 Å². The van der Waals surface area contributed by atoms with Crippen LogP contribution in [0.2, 0.25) is 0 Å². The molecule has 0 spiro atoms. The van der Waals surface area contributed by atoms with Gasteiger partial charge in [0.2, 0.25) is 11.8 Å². The molecule has 6 aromatic rings. The number of aryl methyl sites for hydroxylation is 1. The SMILES string of the molecule is O=C1COc2ccc(cc2)C[C@@H](C(=O)O)CC(=O)[C@H](CCc2ccccc2)NC(=O)[C@@H](Cc2ccc(-c3ccccc3)cc2)NC(=O)[C@H](Cc2ccc(OCc3ccccc3)cc2)C1. The van der Waals surface area contributed by atoms with Crippen LogP contribution in [0.1, 0.15) is 47.1 Å². The second-order valence-electron chi connectivity index (χ2n) is 16.3. The van der Waals surface area contributed by atoms with E-state index in [-0.39, 0.29) is 50.9 Å². The van der Waals surface area contributed by atoms with Crippen molar-refractivity contribution >= 4 is 29.4 Å². The summed E-state index contributed by atoms with van der Waals surface area (Å²) in [4.78, 5) is 69.5. The number of fused-ring (bicyclic) bond motifs is 16. The Morgan fingerprint density at radius 2 is 1.16 bits per heavy atom. The number of nitrogens with one attached hydrogen (secondary N) is 2. The number of amides is 2. The van der Waals surface area contributed by atoms with Gasteiger partial charge >= 0.3 is 5.97 Å². The van der Waals surface area contributed by atoms with Crippen molar-refractivity contribution in [2.45, 2.75) is 63.6 Å². The van der Waals surface area contributed by atoms with Crippen molar-refractivity contribution in [2.24, 2.45) is 11.8 Å². The van der Waals surface area contributed by atoms with Gasteiger partial charge in [-0.3, -0.25) is 24.0 Å². The van der Waals surface area contributed by atoms with Crippen molar-refractivity contribution in [3.63, 3.8) is 0 Å². The molecule has 2 aliphatic heterocycles. The first-order valence-corrected chi connectivity index (χ1v) is 21.7. The molecular weight excluding hydrogens is 805 g/mol. The van der Waals surface area contributed by atoms with Crippen molar-refractivity contribution in [1.82, 2.24) is 10.6 Å². The van der Waals surface area contributed by atoms with E-state index >= 15 is 0 Å². The Hall–Kier alpha value is -7.33. The summed E-state index contributed by atoms with van der Waals surface area (Å²) >= 11 is 0. The second-order valence-corrected chi connectivity index (χ2v) is 16.3. The van der Waals surface area contributed by atoms with E-state index < -0.39 is 47.5 Å². The summed E-state index contributed by atoms with van der Waals surface area (Å²) in [6.45, 7) is 0.0855. The van der Waals surface area contributed by atoms with Gasteiger partial charge in [-0.15, -0.1) is 0 Å². The number of ketones is 2. The van der Waals surface area contributed by atoms with Gasteiger partial charge in [0.05, 0.1) is 12.0 Å². The summed E-state index contributed by atoms with van der Waals surface area (Å²) in [5.41, 5.74) is 6.19. The zero-order valence-corrected chi connectivity index (χ0v) is 35.6. The molecule has 4 atom stereocenters. The molecule has 0 saturated carbocycles. The number of Topliss-reactive ketones (excluding diaryl/α,β-unsaturated/α-hetero) is 2. The monoisotopic (exact) mass is 856 g/mol. The summed E-state index contributed by atoms with van der Waals surface area (Å²) < 4.78 is 11.8. The first-order chi connectivity index (χ1) is 31.1. The first-order valence-electron chi connectivity index (χ1n) is 21.7. The molecule has 3 N–H and O–H groups in total. The first kappa shape index (κ1) is 44.7. The number of hydrogen-bond donors (Lipinski definition) is 3. The van der Waals surface area contributed by atoms with Gasteiger partial charge in [-0.25, -0.2) is 0 Å². The number of carbonyl (C=O) groups excluding carboxylic acids is 4. The molecule has 0 aliphatic carbocycles. The number of carboxylic acids is 1. The van der Waals surface area contributed by atoms with Crippen LogP contribution in [0.3, 0.4) is 0 Å². The van der Waals surface area contributed by atoms with Crippen molar-refractivity contribution in [3.05, 3.63) is 192 Å². The Labute approximate surface area is 373 Å². The van der Waals surface area contributed by atoms with Crippen LogP contribution in [0.15, 0.2) is 164 Å². The van der Waals surface area contributed by atoms with Crippen molar-refractivity contribution in [3.8, 4) is 22.6 Å². The fraction of sp³-hybridized carbons (Fsp3) is 0.241. The maximum absolute atomic E-state index is 14.6. The van der Waals surface area contributed by atoms with Crippen LogP contribution in [0.5, 0.6) is 11.5 Å². The zero-order valence-electron chi connectivity index (χ0n) is 35.6. The third-order valence-electron chi connectivity index (χ3n) is 11.5. The Balaban J connectivity index is 1.18. The van der Waals surface area contributed by atoms with Gasteiger partial charge in [0.25, 0.3) is 0 Å². The van der Waals surface area contributed by atoms with Crippen LogP contribution in [0.25, 0.3) is 11.1 Å². The van der Waals surface area contributed by atoms with Crippen LogP contribution >= 0.6 is 0 Å². The average Bonchev–Trinajstić information content (AvgIpc) is 3.32. The Bertz CT molecular complexity index is 2480. The smallest absolute Gasteiger partial charge is 0.307 e. The number of aliphatic carboxylic acids is 1. The maximum atomic E-state index is 14.6. The molecule has 2 amide bonds. The van der Waals surface area contributed by atoms with E-state index in [0.29, 0.717) is 30.1 Å². The molecule has 0 fully saturated rings. The third kappa shape index (κ3) is 13.1. The number of benzene rings is 6. The van der Waals surface area contributed by atoms with E-state index in [1.54, 1.807) is 24.3 Å². The molecule has 326 valence electrons. The van der Waals surface area contributed by atoms with Gasteiger partial charge in [0, 0.05) is 25.2 Å². The summed E-state index contributed by atoms with van der Waals surface area (Å²) in [6, 6.07) is 48.8. The Morgan fingerprint density at radius 3 is 1.81 bits per heavy atom. The van der Waals surface area contributed by atoms with Gasteiger partial charge in [-0.1, -0.05) is 140 Å². The van der Waals surface area contributed by atoms with Crippen LogP contribution in [0.4, 0.5) is 0 Å². The Kier molecular flexibility index (Phi) is 15.5. The highest BCUT2D eigenvalue weighted by Gasteiger charge is 2.32. The summed E-state index contributed by atoms with van der Waals surface area (Å²) in [5.74, 6) is -3.90.